The molecular formula is C23H21N5O. The number of carbonyl (C=O) groups is 1. The number of hydrogen-bond donors (Lipinski definition) is 2. The van der Waals surface area contributed by atoms with Gasteiger partial charge in [-0.05, 0) is 36.3 Å². The van der Waals surface area contributed by atoms with Gasteiger partial charge in [0.25, 0.3) is 0 Å². The highest BCUT2D eigenvalue weighted by atomic mass is 16.2. The topological polar surface area (TPSA) is 73.9 Å². The van der Waals surface area contributed by atoms with Crippen LogP contribution in [0.1, 0.15) is 5.56 Å². The van der Waals surface area contributed by atoms with Gasteiger partial charge in [0.15, 0.2) is 0 Å². The minimum atomic E-state index is -0.0198. The molecule has 4 aromatic rings. The molecule has 2 N–H and O–H groups in total. The van der Waals surface area contributed by atoms with E-state index in [9.17, 15) is 4.79 Å². The lowest BCUT2D eigenvalue weighted by atomic mass is 9.94. The number of nitrogens with zero attached hydrogens (tertiary/aromatic N) is 3. The summed E-state index contributed by atoms with van der Waals surface area (Å²) in [5, 5.41) is 13.0. The van der Waals surface area contributed by atoms with Crippen molar-refractivity contribution in [2.45, 2.75) is 13.0 Å². The molecule has 2 aromatic heterocycles. The maximum atomic E-state index is 11.7. The second kappa shape index (κ2) is 6.74. The summed E-state index contributed by atoms with van der Waals surface area (Å²) < 4.78 is 0. The summed E-state index contributed by atoms with van der Waals surface area (Å²) in [5.74, 6) is -0.0198. The average molecular weight is 383 g/mol. The summed E-state index contributed by atoms with van der Waals surface area (Å²) in [4.78, 5) is 18.2. The van der Waals surface area contributed by atoms with Gasteiger partial charge < -0.3 is 10.2 Å². The number of amides is 1. The summed E-state index contributed by atoms with van der Waals surface area (Å²) in [6.45, 7) is 7.03. The van der Waals surface area contributed by atoms with Gasteiger partial charge in [0.1, 0.15) is 0 Å². The average Bonchev–Trinajstić information content (AvgIpc) is 3.18. The molecule has 5 rings (SSSR count). The maximum absolute atomic E-state index is 11.7. The van der Waals surface area contributed by atoms with Gasteiger partial charge in [-0.2, -0.15) is 5.10 Å². The molecule has 1 aliphatic heterocycles. The molecule has 1 saturated heterocycles. The number of fused-ring (bicyclic) bond motifs is 2. The van der Waals surface area contributed by atoms with E-state index in [0.29, 0.717) is 13.1 Å². The molecule has 6 heteroatoms. The van der Waals surface area contributed by atoms with E-state index in [2.05, 4.69) is 59.3 Å². The maximum Gasteiger partial charge on any atom is 0.246 e. The van der Waals surface area contributed by atoms with E-state index in [0.717, 1.165) is 38.6 Å². The normalized spacial score (nSPS) is 14.2. The Morgan fingerprint density at radius 1 is 1.24 bits per heavy atom. The third-order valence-corrected chi connectivity index (χ3v) is 5.60. The summed E-state index contributed by atoms with van der Waals surface area (Å²) >= 11 is 0. The van der Waals surface area contributed by atoms with Crippen molar-refractivity contribution >= 4 is 33.4 Å². The zero-order chi connectivity index (χ0) is 20.0. The minimum Gasteiger partial charge on any atom is -0.378 e. The summed E-state index contributed by atoms with van der Waals surface area (Å²) in [5.41, 5.74) is 6.42. The molecule has 0 unspecified atom stereocenters. The first-order chi connectivity index (χ1) is 14.2. The van der Waals surface area contributed by atoms with E-state index in [1.165, 1.54) is 11.6 Å². The third-order valence-electron chi connectivity index (χ3n) is 5.60. The Kier molecular flexibility index (Phi) is 4.05. The van der Waals surface area contributed by atoms with Crippen LogP contribution in [0.2, 0.25) is 0 Å². The number of H-pyrrole nitrogens is 1. The quantitative estimate of drug-likeness (QED) is 0.524. The summed E-state index contributed by atoms with van der Waals surface area (Å²) in [6, 6.07) is 12.7. The van der Waals surface area contributed by atoms with Crippen LogP contribution in [-0.4, -0.2) is 45.1 Å². The van der Waals surface area contributed by atoms with Crippen molar-refractivity contribution in [1.29, 1.82) is 0 Å². The van der Waals surface area contributed by atoms with Crippen LogP contribution >= 0.6 is 0 Å². The van der Waals surface area contributed by atoms with Crippen LogP contribution in [0.5, 0.6) is 0 Å². The molecule has 1 amide bonds. The standard InChI is InChI=1S/C23H21N5O/c1-3-21(29)28-12-15(13-28)26-19-9-10-24-23-16(19)5-4-6-17(23)22-14(2)7-8-20-18(22)11-25-27-20/h3-11,15H,1,12-13H2,2H3,(H,24,26)(H,25,27). The molecule has 3 heterocycles. The number of nitrogens with one attached hydrogen (secondary N) is 2. The number of aromatic amines is 1. The fraction of sp³-hybridized carbons (Fsp3) is 0.174. The number of aryl methyl sites for hydroxylation is 1. The Balaban J connectivity index is 1.55. The van der Waals surface area contributed by atoms with Crippen LogP contribution in [0.3, 0.4) is 0 Å². The molecule has 0 atom stereocenters. The van der Waals surface area contributed by atoms with Gasteiger partial charge in [0, 0.05) is 41.3 Å². The molecule has 1 aliphatic rings. The predicted octanol–water partition coefficient (Wildman–Crippen LogP) is 3.90. The van der Waals surface area contributed by atoms with Crippen molar-refractivity contribution in [3.05, 3.63) is 67.0 Å². The number of aromatic nitrogens is 3. The Hall–Kier alpha value is -3.67. The molecule has 2 aromatic carbocycles. The number of para-hydroxylation sites is 1. The number of benzene rings is 2. The Labute approximate surface area is 168 Å². The molecule has 0 saturated carbocycles. The highest BCUT2D eigenvalue weighted by Crippen LogP contribution is 2.37. The SMILES string of the molecule is C=CC(=O)N1CC(Nc2ccnc3c(-c4c(C)ccc5[nH]ncc45)cccc23)C1. The molecule has 0 radical (unpaired) electrons. The monoisotopic (exact) mass is 383 g/mol. The molecule has 29 heavy (non-hydrogen) atoms. The number of hydrogen-bond acceptors (Lipinski definition) is 4. The fourth-order valence-corrected chi connectivity index (χ4v) is 4.09. The highest BCUT2D eigenvalue weighted by molar-refractivity contribution is 6.06. The van der Waals surface area contributed by atoms with Crippen molar-refractivity contribution < 1.29 is 4.79 Å². The van der Waals surface area contributed by atoms with Crippen LogP contribution in [0.15, 0.2) is 61.4 Å². The van der Waals surface area contributed by atoms with Gasteiger partial charge in [-0.25, -0.2) is 0 Å². The van der Waals surface area contributed by atoms with E-state index in [1.807, 2.05) is 18.5 Å². The first kappa shape index (κ1) is 17.4. The second-order valence-corrected chi connectivity index (χ2v) is 7.44. The van der Waals surface area contributed by atoms with Crippen molar-refractivity contribution in [2.24, 2.45) is 0 Å². The Morgan fingerprint density at radius 2 is 2.10 bits per heavy atom. The smallest absolute Gasteiger partial charge is 0.246 e. The van der Waals surface area contributed by atoms with E-state index < -0.39 is 0 Å². The van der Waals surface area contributed by atoms with E-state index in [1.54, 1.807) is 4.90 Å². The van der Waals surface area contributed by atoms with E-state index in [4.69, 9.17) is 4.98 Å². The fourth-order valence-electron chi connectivity index (χ4n) is 4.09. The highest BCUT2D eigenvalue weighted by Gasteiger charge is 2.29. The van der Waals surface area contributed by atoms with E-state index in [-0.39, 0.29) is 11.9 Å². The van der Waals surface area contributed by atoms with Gasteiger partial charge >= 0.3 is 0 Å². The second-order valence-electron chi connectivity index (χ2n) is 7.44. The molecule has 1 fully saturated rings. The van der Waals surface area contributed by atoms with Crippen LogP contribution < -0.4 is 5.32 Å². The molecule has 144 valence electrons. The largest absolute Gasteiger partial charge is 0.378 e. The molecular weight excluding hydrogens is 362 g/mol. The lowest BCUT2D eigenvalue weighted by Crippen LogP contribution is -2.56. The van der Waals surface area contributed by atoms with Gasteiger partial charge in [0.2, 0.25) is 5.91 Å². The van der Waals surface area contributed by atoms with Crippen LogP contribution in [-0.2, 0) is 4.79 Å². The predicted molar refractivity (Wildman–Crippen MR) is 116 cm³/mol. The van der Waals surface area contributed by atoms with Crippen molar-refractivity contribution in [2.75, 3.05) is 18.4 Å². The Bertz CT molecular complexity index is 1250. The third kappa shape index (κ3) is 2.84. The first-order valence-corrected chi connectivity index (χ1v) is 9.64. The molecule has 0 aliphatic carbocycles. The first-order valence-electron chi connectivity index (χ1n) is 9.64. The lowest BCUT2D eigenvalue weighted by Gasteiger charge is -2.39. The zero-order valence-corrected chi connectivity index (χ0v) is 16.1. The molecule has 6 nitrogen and oxygen atoms in total. The van der Waals surface area contributed by atoms with Gasteiger partial charge in [0.05, 0.1) is 23.3 Å². The summed E-state index contributed by atoms with van der Waals surface area (Å²) in [7, 11) is 0. The number of anilines is 1. The van der Waals surface area contributed by atoms with Crippen LogP contribution in [0.4, 0.5) is 5.69 Å². The van der Waals surface area contributed by atoms with Gasteiger partial charge in [-0.1, -0.05) is 30.8 Å². The van der Waals surface area contributed by atoms with E-state index >= 15 is 0 Å². The van der Waals surface area contributed by atoms with Crippen molar-refractivity contribution in [1.82, 2.24) is 20.1 Å². The van der Waals surface area contributed by atoms with Gasteiger partial charge in [-0.15, -0.1) is 0 Å². The molecule has 0 spiro atoms. The number of likely N-dealkylation sites (tertiary alicyclic amines) is 1. The van der Waals surface area contributed by atoms with Crippen LogP contribution in [0, 0.1) is 6.92 Å². The van der Waals surface area contributed by atoms with Gasteiger partial charge in [-0.3, -0.25) is 14.9 Å². The number of rotatable bonds is 4. The minimum absolute atomic E-state index is 0.0198. The molecule has 0 bridgehead atoms. The Morgan fingerprint density at radius 3 is 2.93 bits per heavy atom. The van der Waals surface area contributed by atoms with Crippen molar-refractivity contribution in [3.8, 4) is 11.1 Å². The number of pyridine rings is 1. The van der Waals surface area contributed by atoms with Crippen molar-refractivity contribution in [3.63, 3.8) is 0 Å². The summed E-state index contributed by atoms with van der Waals surface area (Å²) in [6.07, 6.45) is 5.08. The zero-order valence-electron chi connectivity index (χ0n) is 16.1. The number of carbonyl (C=O) groups excluding carboxylic acids is 1. The van der Waals surface area contributed by atoms with Crippen LogP contribution in [0.25, 0.3) is 32.9 Å². The lowest BCUT2D eigenvalue weighted by molar-refractivity contribution is -0.129.